The summed E-state index contributed by atoms with van der Waals surface area (Å²) < 4.78 is 4.64. The largest absolute Gasteiger partial charge is 0.313 e. The Morgan fingerprint density at radius 3 is 1.38 bits per heavy atom. The van der Waals surface area contributed by atoms with Crippen LogP contribution in [-0.2, 0) is 10.8 Å². The Balaban J connectivity index is 1.86. The van der Waals surface area contributed by atoms with E-state index in [1.165, 1.54) is 22.2 Å². The number of hydrogen-bond donors (Lipinski definition) is 0. The van der Waals surface area contributed by atoms with Crippen molar-refractivity contribution in [2.45, 2.75) is 52.4 Å². The monoisotopic (exact) mass is 445 g/mol. The van der Waals surface area contributed by atoms with E-state index in [4.69, 9.17) is 0 Å². The Morgan fingerprint density at radius 2 is 1.00 bits per heavy atom. The number of aromatic nitrogens is 2. The van der Waals surface area contributed by atoms with Gasteiger partial charge >= 0.3 is 0 Å². The minimum Gasteiger partial charge on any atom is -0.313 e. The molecule has 0 saturated carbocycles. The molecule has 0 aliphatic carbocycles. The van der Waals surface area contributed by atoms with E-state index in [0.717, 1.165) is 22.4 Å². The SMILES string of the molecule is CC(C)(C)c1cc2ccccc2n1-c1cc(C#N)cc(-n2c(C(C)(C)C)cc3ccccc32)c1. The van der Waals surface area contributed by atoms with Crippen LogP contribution in [0.25, 0.3) is 33.2 Å². The first-order valence-corrected chi connectivity index (χ1v) is 11.9. The number of benzene rings is 3. The topological polar surface area (TPSA) is 33.6 Å². The first kappa shape index (κ1) is 22.0. The van der Waals surface area contributed by atoms with Gasteiger partial charge < -0.3 is 9.13 Å². The van der Waals surface area contributed by atoms with Crippen molar-refractivity contribution in [2.24, 2.45) is 0 Å². The standard InChI is InChI=1S/C31H31N3/c1-30(2,3)28-17-22-11-7-9-13-26(22)33(28)24-15-21(20-32)16-25(19-24)34-27-14-10-8-12-23(27)18-29(34)31(4,5)6/h7-19H,1-6H3. The van der Waals surface area contributed by atoms with Gasteiger partial charge in [-0.2, -0.15) is 5.26 Å². The molecule has 0 amide bonds. The first-order chi connectivity index (χ1) is 16.1. The van der Waals surface area contributed by atoms with Crippen molar-refractivity contribution in [1.29, 1.82) is 5.26 Å². The summed E-state index contributed by atoms with van der Waals surface area (Å²) in [6.45, 7) is 13.4. The highest BCUT2D eigenvalue weighted by Crippen LogP contribution is 2.36. The highest BCUT2D eigenvalue weighted by Gasteiger charge is 2.25. The van der Waals surface area contributed by atoms with E-state index in [2.05, 4.69) is 123 Å². The van der Waals surface area contributed by atoms with E-state index in [0.29, 0.717) is 5.56 Å². The molecule has 3 nitrogen and oxygen atoms in total. The molecule has 2 aromatic heterocycles. The van der Waals surface area contributed by atoms with Crippen LogP contribution in [0.4, 0.5) is 0 Å². The van der Waals surface area contributed by atoms with Crippen molar-refractivity contribution in [1.82, 2.24) is 9.13 Å². The Labute approximate surface area is 201 Å². The van der Waals surface area contributed by atoms with Gasteiger partial charge in [-0.05, 0) is 42.5 Å². The smallest absolute Gasteiger partial charge is 0.0993 e. The Morgan fingerprint density at radius 1 is 0.588 bits per heavy atom. The van der Waals surface area contributed by atoms with Gasteiger partial charge in [0, 0.05) is 44.4 Å². The average Bonchev–Trinajstić information content (AvgIpc) is 3.38. The Kier molecular flexibility index (Phi) is 4.95. The molecule has 3 heteroatoms. The highest BCUT2D eigenvalue weighted by atomic mass is 15.0. The van der Waals surface area contributed by atoms with Gasteiger partial charge in [0.1, 0.15) is 0 Å². The maximum atomic E-state index is 10.00. The summed E-state index contributed by atoms with van der Waals surface area (Å²) in [5.74, 6) is 0. The zero-order valence-corrected chi connectivity index (χ0v) is 20.8. The van der Waals surface area contributed by atoms with Crippen LogP contribution in [0.15, 0.2) is 78.9 Å². The van der Waals surface area contributed by atoms with Gasteiger partial charge in [0.15, 0.2) is 0 Å². The second kappa shape index (κ2) is 7.64. The lowest BCUT2D eigenvalue weighted by molar-refractivity contribution is 0.558. The van der Waals surface area contributed by atoms with Crippen LogP contribution >= 0.6 is 0 Å². The highest BCUT2D eigenvalue weighted by molar-refractivity contribution is 5.85. The third kappa shape index (κ3) is 3.60. The van der Waals surface area contributed by atoms with Crippen LogP contribution in [0.3, 0.4) is 0 Å². The maximum Gasteiger partial charge on any atom is 0.0993 e. The van der Waals surface area contributed by atoms with Gasteiger partial charge in [-0.25, -0.2) is 0 Å². The average molecular weight is 446 g/mol. The Hall–Kier alpha value is -3.77. The molecule has 5 rings (SSSR count). The van der Waals surface area contributed by atoms with Gasteiger partial charge in [0.25, 0.3) is 0 Å². The molecule has 3 aromatic carbocycles. The lowest BCUT2D eigenvalue weighted by Crippen LogP contribution is -2.18. The van der Waals surface area contributed by atoms with E-state index in [9.17, 15) is 5.26 Å². The molecule has 2 heterocycles. The molecule has 34 heavy (non-hydrogen) atoms. The third-order valence-corrected chi connectivity index (χ3v) is 6.51. The Bertz CT molecular complexity index is 1460. The molecular weight excluding hydrogens is 414 g/mol. The molecule has 5 aromatic rings. The van der Waals surface area contributed by atoms with Crippen LogP contribution in [0.2, 0.25) is 0 Å². The summed E-state index contributed by atoms with van der Waals surface area (Å²) in [6.07, 6.45) is 0. The second-order valence-corrected chi connectivity index (χ2v) is 11.2. The van der Waals surface area contributed by atoms with Crippen LogP contribution < -0.4 is 0 Å². The molecular formula is C31H31N3. The predicted octanol–water partition coefficient (Wildman–Crippen LogP) is 8.04. The van der Waals surface area contributed by atoms with Crippen molar-refractivity contribution < 1.29 is 0 Å². The normalized spacial score (nSPS) is 12.4. The number of nitriles is 1. The molecule has 0 aliphatic rings. The lowest BCUT2D eigenvalue weighted by Gasteiger charge is -2.25. The molecule has 0 saturated heterocycles. The van der Waals surface area contributed by atoms with E-state index >= 15 is 0 Å². The molecule has 0 aliphatic heterocycles. The quantitative estimate of drug-likeness (QED) is 0.271. The van der Waals surface area contributed by atoms with Crippen LogP contribution in [0.1, 0.15) is 58.5 Å². The van der Waals surface area contributed by atoms with Crippen molar-refractivity contribution >= 4 is 21.8 Å². The summed E-state index contributed by atoms with van der Waals surface area (Å²) in [4.78, 5) is 0. The van der Waals surface area contributed by atoms with Gasteiger partial charge in [0.05, 0.1) is 22.7 Å². The number of rotatable bonds is 2. The molecule has 0 bridgehead atoms. The summed E-state index contributed by atoms with van der Waals surface area (Å²) in [7, 11) is 0. The van der Waals surface area contributed by atoms with Gasteiger partial charge in [-0.1, -0.05) is 77.9 Å². The summed E-state index contributed by atoms with van der Waals surface area (Å²) in [6, 6.07) is 30.2. The van der Waals surface area contributed by atoms with E-state index in [1.807, 2.05) is 12.1 Å². The van der Waals surface area contributed by atoms with E-state index < -0.39 is 0 Å². The van der Waals surface area contributed by atoms with Crippen molar-refractivity contribution in [3.05, 3.63) is 95.8 Å². The van der Waals surface area contributed by atoms with Crippen molar-refractivity contribution in [3.8, 4) is 17.4 Å². The zero-order chi connectivity index (χ0) is 24.3. The van der Waals surface area contributed by atoms with Crippen LogP contribution in [0.5, 0.6) is 0 Å². The maximum absolute atomic E-state index is 10.00. The number of nitrogens with zero attached hydrogens (tertiary/aromatic N) is 3. The molecule has 0 unspecified atom stereocenters. The van der Waals surface area contributed by atoms with Crippen LogP contribution in [-0.4, -0.2) is 9.13 Å². The summed E-state index contributed by atoms with van der Waals surface area (Å²) in [5.41, 5.74) is 7.32. The minimum atomic E-state index is -0.0570. The fourth-order valence-electron chi connectivity index (χ4n) is 4.89. The van der Waals surface area contributed by atoms with Gasteiger partial charge in [0.2, 0.25) is 0 Å². The molecule has 0 radical (unpaired) electrons. The number of para-hydroxylation sites is 2. The van der Waals surface area contributed by atoms with Gasteiger partial charge in [-0.15, -0.1) is 0 Å². The number of hydrogen-bond acceptors (Lipinski definition) is 1. The van der Waals surface area contributed by atoms with Crippen LogP contribution in [0, 0.1) is 11.3 Å². The zero-order valence-electron chi connectivity index (χ0n) is 20.8. The van der Waals surface area contributed by atoms with Gasteiger partial charge in [-0.3, -0.25) is 0 Å². The lowest BCUT2D eigenvalue weighted by atomic mass is 9.91. The fourth-order valence-corrected chi connectivity index (χ4v) is 4.89. The predicted molar refractivity (Wildman–Crippen MR) is 142 cm³/mol. The minimum absolute atomic E-state index is 0.0570. The van der Waals surface area contributed by atoms with E-state index in [-0.39, 0.29) is 10.8 Å². The second-order valence-electron chi connectivity index (χ2n) is 11.2. The summed E-state index contributed by atoms with van der Waals surface area (Å²) in [5, 5.41) is 12.4. The molecule has 170 valence electrons. The van der Waals surface area contributed by atoms with E-state index in [1.54, 1.807) is 0 Å². The third-order valence-electron chi connectivity index (χ3n) is 6.51. The molecule has 0 fully saturated rings. The van der Waals surface area contributed by atoms with Crippen molar-refractivity contribution in [2.75, 3.05) is 0 Å². The number of fused-ring (bicyclic) bond motifs is 2. The van der Waals surface area contributed by atoms with Crippen molar-refractivity contribution in [3.63, 3.8) is 0 Å². The molecule has 0 atom stereocenters. The fraction of sp³-hybridized carbons (Fsp3) is 0.258. The molecule has 0 N–H and O–H groups in total. The molecule has 0 spiro atoms. The first-order valence-electron chi connectivity index (χ1n) is 11.9. The summed E-state index contributed by atoms with van der Waals surface area (Å²) >= 11 is 0.